The Bertz CT molecular complexity index is 367. The Hall–Kier alpha value is -1.41. The van der Waals surface area contributed by atoms with E-state index in [0.29, 0.717) is 6.92 Å². The Labute approximate surface area is 92.0 Å². The molecule has 1 N–H and O–H groups in total. The maximum Gasteiger partial charge on any atom is 0.471 e. The van der Waals surface area contributed by atoms with E-state index in [1.54, 1.807) is 0 Å². The van der Waals surface area contributed by atoms with Gasteiger partial charge in [-0.05, 0) is 6.92 Å². The molecule has 98 valence electrons. The molecular formula is C8H8F5NO3. The number of carboxylic acid groups (broad SMARTS) is 1. The van der Waals surface area contributed by atoms with Gasteiger partial charge in [-0.25, -0.2) is 13.6 Å². The Morgan fingerprint density at radius 1 is 1.29 bits per heavy atom. The summed E-state index contributed by atoms with van der Waals surface area (Å²) in [6.45, 7) is -0.881. The van der Waals surface area contributed by atoms with Crippen molar-refractivity contribution in [3.8, 4) is 0 Å². The number of likely N-dealkylation sites (tertiary alicyclic amines) is 1. The molecule has 9 heteroatoms. The van der Waals surface area contributed by atoms with Crippen LogP contribution in [0.15, 0.2) is 0 Å². The zero-order valence-electron chi connectivity index (χ0n) is 8.51. The van der Waals surface area contributed by atoms with Crippen LogP contribution in [-0.2, 0) is 9.59 Å². The fourth-order valence-corrected chi connectivity index (χ4v) is 1.70. The minimum atomic E-state index is -5.38. The predicted molar refractivity (Wildman–Crippen MR) is 43.4 cm³/mol. The van der Waals surface area contributed by atoms with Crippen molar-refractivity contribution in [1.82, 2.24) is 4.90 Å². The van der Waals surface area contributed by atoms with E-state index in [1.165, 1.54) is 0 Å². The maximum absolute atomic E-state index is 13.0. The molecule has 0 spiro atoms. The van der Waals surface area contributed by atoms with E-state index in [-0.39, 0.29) is 4.90 Å². The second kappa shape index (κ2) is 3.54. The Morgan fingerprint density at radius 3 is 2.12 bits per heavy atom. The van der Waals surface area contributed by atoms with Crippen LogP contribution < -0.4 is 0 Å². The molecule has 0 aromatic carbocycles. The van der Waals surface area contributed by atoms with Crippen molar-refractivity contribution < 1.29 is 36.6 Å². The van der Waals surface area contributed by atoms with Gasteiger partial charge in [-0.15, -0.1) is 0 Å². The van der Waals surface area contributed by atoms with E-state index < -0.39 is 42.5 Å². The molecule has 0 aromatic heterocycles. The lowest BCUT2D eigenvalue weighted by molar-refractivity contribution is -0.192. The second-order valence-electron chi connectivity index (χ2n) is 4.00. The molecule has 1 unspecified atom stereocenters. The molecule has 1 rings (SSSR count). The topological polar surface area (TPSA) is 57.6 Å². The molecule has 0 aliphatic carbocycles. The molecule has 0 saturated carbocycles. The van der Waals surface area contributed by atoms with Gasteiger partial charge in [-0.3, -0.25) is 4.79 Å². The van der Waals surface area contributed by atoms with Gasteiger partial charge in [0.25, 0.3) is 5.92 Å². The first kappa shape index (κ1) is 13.7. The fraction of sp³-hybridized carbons (Fsp3) is 0.750. The van der Waals surface area contributed by atoms with Gasteiger partial charge >= 0.3 is 18.1 Å². The minimum Gasteiger partial charge on any atom is -0.480 e. The molecule has 1 aliphatic heterocycles. The van der Waals surface area contributed by atoms with Crippen LogP contribution in [0, 0.1) is 0 Å². The largest absolute Gasteiger partial charge is 0.480 e. The third kappa shape index (κ3) is 2.32. The number of alkyl halides is 5. The Kier molecular flexibility index (Phi) is 2.84. The zero-order chi connectivity index (χ0) is 13.6. The van der Waals surface area contributed by atoms with Gasteiger partial charge in [0.2, 0.25) is 0 Å². The number of carboxylic acids is 1. The highest BCUT2D eigenvalue weighted by atomic mass is 19.4. The van der Waals surface area contributed by atoms with Crippen LogP contribution >= 0.6 is 0 Å². The van der Waals surface area contributed by atoms with Crippen LogP contribution in [0.2, 0.25) is 0 Å². The molecule has 1 fully saturated rings. The van der Waals surface area contributed by atoms with E-state index in [0.717, 1.165) is 0 Å². The van der Waals surface area contributed by atoms with Gasteiger partial charge in [0.15, 0.2) is 0 Å². The molecule has 17 heavy (non-hydrogen) atoms. The van der Waals surface area contributed by atoms with Crippen LogP contribution in [0.25, 0.3) is 0 Å². The molecular weight excluding hydrogens is 253 g/mol. The lowest BCUT2D eigenvalue weighted by atomic mass is 9.98. The number of carbonyl (C=O) groups excluding carboxylic acids is 1. The van der Waals surface area contributed by atoms with Gasteiger partial charge in [0.1, 0.15) is 5.54 Å². The summed E-state index contributed by atoms with van der Waals surface area (Å²) in [5.41, 5.74) is -2.55. The van der Waals surface area contributed by atoms with Gasteiger partial charge < -0.3 is 10.0 Å². The van der Waals surface area contributed by atoms with Crippen molar-refractivity contribution >= 4 is 11.9 Å². The Morgan fingerprint density at radius 2 is 1.76 bits per heavy atom. The standard InChI is InChI=1S/C8H8F5NO3/c1-6(5(16)17)2-7(9,10)3-14(6)4(15)8(11,12)13/h2-3H2,1H3,(H,16,17). The highest BCUT2D eigenvalue weighted by Gasteiger charge is 2.62. The monoisotopic (exact) mass is 261 g/mol. The molecule has 4 nitrogen and oxygen atoms in total. The predicted octanol–water partition coefficient (Wildman–Crippen LogP) is 1.26. The molecule has 1 heterocycles. The van der Waals surface area contributed by atoms with Crippen molar-refractivity contribution in [3.05, 3.63) is 0 Å². The van der Waals surface area contributed by atoms with Crippen molar-refractivity contribution in [2.45, 2.75) is 31.0 Å². The fourth-order valence-electron chi connectivity index (χ4n) is 1.70. The molecule has 1 amide bonds. The number of hydrogen-bond donors (Lipinski definition) is 1. The van der Waals surface area contributed by atoms with Crippen molar-refractivity contribution in [1.29, 1.82) is 0 Å². The molecule has 0 radical (unpaired) electrons. The second-order valence-corrected chi connectivity index (χ2v) is 4.00. The van der Waals surface area contributed by atoms with Gasteiger partial charge in [0.05, 0.1) is 6.54 Å². The van der Waals surface area contributed by atoms with E-state index in [2.05, 4.69) is 0 Å². The van der Waals surface area contributed by atoms with Crippen molar-refractivity contribution in [3.63, 3.8) is 0 Å². The number of rotatable bonds is 1. The molecule has 0 bridgehead atoms. The zero-order valence-corrected chi connectivity index (χ0v) is 8.51. The average molecular weight is 261 g/mol. The van der Waals surface area contributed by atoms with Crippen molar-refractivity contribution in [2.75, 3.05) is 6.54 Å². The summed E-state index contributed by atoms with van der Waals surface area (Å²) in [6.07, 6.45) is -6.71. The average Bonchev–Trinajstić information content (AvgIpc) is 2.34. The summed E-state index contributed by atoms with van der Waals surface area (Å²) in [4.78, 5) is 21.3. The first-order chi connectivity index (χ1) is 7.40. The first-order valence-electron chi connectivity index (χ1n) is 4.40. The lowest BCUT2D eigenvalue weighted by Gasteiger charge is -2.30. The normalized spacial score (nSPS) is 28.2. The van der Waals surface area contributed by atoms with Crippen LogP contribution in [0.1, 0.15) is 13.3 Å². The van der Waals surface area contributed by atoms with E-state index in [4.69, 9.17) is 5.11 Å². The molecule has 0 aromatic rings. The summed E-state index contributed by atoms with van der Waals surface area (Å²) in [6, 6.07) is 0. The van der Waals surface area contributed by atoms with Gasteiger partial charge in [0, 0.05) is 6.42 Å². The van der Waals surface area contributed by atoms with Crippen LogP contribution in [0.3, 0.4) is 0 Å². The summed E-state index contributed by atoms with van der Waals surface area (Å²) < 4.78 is 62.3. The molecule has 1 atom stereocenters. The van der Waals surface area contributed by atoms with E-state index in [9.17, 15) is 31.5 Å². The minimum absolute atomic E-state index is 0.338. The number of hydrogen-bond acceptors (Lipinski definition) is 2. The summed E-state index contributed by atoms with van der Waals surface area (Å²) in [5.74, 6) is -8.11. The van der Waals surface area contributed by atoms with Crippen molar-refractivity contribution in [2.24, 2.45) is 0 Å². The van der Waals surface area contributed by atoms with Crippen LogP contribution in [0.4, 0.5) is 22.0 Å². The lowest BCUT2D eigenvalue weighted by Crippen LogP contribution is -2.54. The summed E-state index contributed by atoms with van der Waals surface area (Å²) in [7, 11) is 0. The number of amides is 1. The quantitative estimate of drug-likeness (QED) is 0.723. The van der Waals surface area contributed by atoms with Gasteiger partial charge in [-0.1, -0.05) is 0 Å². The number of carbonyl (C=O) groups is 2. The van der Waals surface area contributed by atoms with Crippen LogP contribution in [-0.4, -0.2) is 46.1 Å². The van der Waals surface area contributed by atoms with E-state index >= 15 is 0 Å². The SMILES string of the molecule is CC1(C(=O)O)CC(F)(F)CN1C(=O)C(F)(F)F. The number of nitrogens with zero attached hydrogens (tertiary/aromatic N) is 1. The maximum atomic E-state index is 13.0. The smallest absolute Gasteiger partial charge is 0.471 e. The number of aliphatic carboxylic acids is 1. The summed E-state index contributed by atoms with van der Waals surface area (Å²) in [5, 5.41) is 8.70. The Balaban J connectivity index is 3.14. The molecule has 1 saturated heterocycles. The highest BCUT2D eigenvalue weighted by Crippen LogP contribution is 2.41. The third-order valence-corrected chi connectivity index (χ3v) is 2.54. The van der Waals surface area contributed by atoms with E-state index in [1.807, 2.05) is 0 Å². The van der Waals surface area contributed by atoms with Crippen LogP contribution in [0.5, 0.6) is 0 Å². The number of halogens is 5. The van der Waals surface area contributed by atoms with Gasteiger partial charge in [-0.2, -0.15) is 13.2 Å². The summed E-state index contributed by atoms with van der Waals surface area (Å²) >= 11 is 0. The highest BCUT2D eigenvalue weighted by molar-refractivity contribution is 5.90. The first-order valence-corrected chi connectivity index (χ1v) is 4.40. The third-order valence-electron chi connectivity index (χ3n) is 2.54. The molecule has 1 aliphatic rings.